The van der Waals surface area contributed by atoms with Crippen LogP contribution < -0.4 is 5.32 Å². The summed E-state index contributed by atoms with van der Waals surface area (Å²) in [5.41, 5.74) is 3.15. The van der Waals surface area contributed by atoms with E-state index in [1.165, 1.54) is 32.1 Å². The molecule has 1 aromatic heterocycles. The summed E-state index contributed by atoms with van der Waals surface area (Å²) >= 11 is 5.60. The number of rotatable bonds is 4. The van der Waals surface area contributed by atoms with Crippen LogP contribution in [0.1, 0.15) is 61.5 Å². The van der Waals surface area contributed by atoms with Crippen molar-refractivity contribution in [3.05, 3.63) is 17.0 Å². The van der Waals surface area contributed by atoms with Crippen molar-refractivity contribution < 1.29 is 8.42 Å². The SMILES string of the molecule is Cc1nn([C@H]2CCS(=O)(=O)C2)c(C)c1CN(C)C(=S)NC1CCCCC1. The number of aryl methyl sites for hydroxylation is 1. The molecule has 2 fully saturated rings. The molecule has 0 amide bonds. The fourth-order valence-corrected chi connectivity index (χ4v) is 6.01. The van der Waals surface area contributed by atoms with E-state index < -0.39 is 9.84 Å². The van der Waals surface area contributed by atoms with Gasteiger partial charge in [0.2, 0.25) is 0 Å². The summed E-state index contributed by atoms with van der Waals surface area (Å²) in [7, 11) is -0.911. The van der Waals surface area contributed by atoms with Crippen molar-refractivity contribution >= 4 is 27.2 Å². The molecule has 1 aliphatic heterocycles. The second kappa shape index (κ2) is 7.84. The lowest BCUT2D eigenvalue weighted by molar-refractivity contribution is 0.392. The van der Waals surface area contributed by atoms with Crippen LogP contribution in [0.5, 0.6) is 0 Å². The summed E-state index contributed by atoms with van der Waals surface area (Å²) in [6.45, 7) is 4.72. The average molecular weight is 399 g/mol. The van der Waals surface area contributed by atoms with E-state index >= 15 is 0 Å². The molecule has 1 saturated carbocycles. The molecular weight excluding hydrogens is 368 g/mol. The van der Waals surface area contributed by atoms with E-state index in [4.69, 9.17) is 12.2 Å². The predicted octanol–water partition coefficient (Wildman–Crippen LogP) is 2.50. The number of thiocarbonyl (C=S) groups is 1. The van der Waals surface area contributed by atoms with Crippen molar-refractivity contribution in [3.8, 4) is 0 Å². The molecule has 26 heavy (non-hydrogen) atoms. The molecule has 1 aliphatic carbocycles. The molecule has 1 atom stereocenters. The Hall–Kier alpha value is -1.15. The van der Waals surface area contributed by atoms with Crippen LogP contribution in [0.3, 0.4) is 0 Å². The number of hydrogen-bond donors (Lipinski definition) is 1. The zero-order valence-electron chi connectivity index (χ0n) is 16.0. The van der Waals surface area contributed by atoms with Crippen molar-refractivity contribution in [3.63, 3.8) is 0 Å². The van der Waals surface area contributed by atoms with Crippen LogP contribution in [-0.2, 0) is 16.4 Å². The van der Waals surface area contributed by atoms with Gasteiger partial charge in [0.15, 0.2) is 14.9 Å². The molecule has 6 nitrogen and oxygen atoms in total. The molecule has 0 aromatic carbocycles. The zero-order chi connectivity index (χ0) is 18.9. The maximum Gasteiger partial charge on any atom is 0.169 e. The monoisotopic (exact) mass is 398 g/mol. The molecule has 146 valence electrons. The van der Waals surface area contributed by atoms with E-state index in [9.17, 15) is 8.42 Å². The third kappa shape index (κ3) is 4.39. The van der Waals surface area contributed by atoms with Gasteiger partial charge in [-0.05, 0) is 45.3 Å². The first-order valence-corrected chi connectivity index (χ1v) is 11.8. The highest BCUT2D eigenvalue weighted by Gasteiger charge is 2.31. The Morgan fingerprint density at radius 2 is 1.96 bits per heavy atom. The Labute approximate surface area is 162 Å². The lowest BCUT2D eigenvalue weighted by Crippen LogP contribution is -2.43. The highest BCUT2D eigenvalue weighted by atomic mass is 32.2. The van der Waals surface area contributed by atoms with Gasteiger partial charge in [0.05, 0.1) is 23.2 Å². The Morgan fingerprint density at radius 1 is 1.27 bits per heavy atom. The highest BCUT2D eigenvalue weighted by Crippen LogP contribution is 2.27. The van der Waals surface area contributed by atoms with Crippen LogP contribution in [0.4, 0.5) is 0 Å². The zero-order valence-corrected chi connectivity index (χ0v) is 17.6. The first kappa shape index (κ1) is 19.6. The molecule has 1 aromatic rings. The predicted molar refractivity (Wildman–Crippen MR) is 108 cm³/mol. The van der Waals surface area contributed by atoms with Gasteiger partial charge in [-0.15, -0.1) is 0 Å². The molecule has 3 rings (SSSR count). The van der Waals surface area contributed by atoms with Crippen molar-refractivity contribution in [1.29, 1.82) is 0 Å². The van der Waals surface area contributed by atoms with Gasteiger partial charge in [0, 0.05) is 30.9 Å². The summed E-state index contributed by atoms with van der Waals surface area (Å²) in [5.74, 6) is 0.465. The Morgan fingerprint density at radius 3 is 2.58 bits per heavy atom. The largest absolute Gasteiger partial charge is 0.360 e. The summed E-state index contributed by atoms with van der Waals surface area (Å²) in [6.07, 6.45) is 6.93. The number of sulfone groups is 1. The third-order valence-electron chi connectivity index (χ3n) is 5.70. The average Bonchev–Trinajstić information content (AvgIpc) is 3.09. The molecule has 1 saturated heterocycles. The minimum Gasteiger partial charge on any atom is -0.360 e. The summed E-state index contributed by atoms with van der Waals surface area (Å²) in [6, 6.07) is 0.456. The van der Waals surface area contributed by atoms with Gasteiger partial charge in [-0.3, -0.25) is 4.68 Å². The van der Waals surface area contributed by atoms with Crippen LogP contribution in [0.25, 0.3) is 0 Å². The maximum atomic E-state index is 11.8. The molecule has 0 spiro atoms. The van der Waals surface area contributed by atoms with E-state index in [1.54, 1.807) is 0 Å². The van der Waals surface area contributed by atoms with Gasteiger partial charge in [0.1, 0.15) is 0 Å². The van der Waals surface area contributed by atoms with Crippen LogP contribution in [0, 0.1) is 13.8 Å². The molecule has 2 heterocycles. The van der Waals surface area contributed by atoms with Crippen LogP contribution in [-0.4, -0.2) is 52.8 Å². The Kier molecular flexibility index (Phi) is 5.91. The van der Waals surface area contributed by atoms with Gasteiger partial charge in [-0.25, -0.2) is 8.42 Å². The van der Waals surface area contributed by atoms with Crippen LogP contribution >= 0.6 is 12.2 Å². The number of aromatic nitrogens is 2. The molecular formula is C18H30N4O2S2. The second-order valence-corrected chi connectivity index (χ2v) is 10.4. The first-order valence-electron chi connectivity index (χ1n) is 9.53. The van der Waals surface area contributed by atoms with Crippen molar-refractivity contribution in [2.24, 2.45) is 0 Å². The minimum absolute atomic E-state index is 0.0370. The third-order valence-corrected chi connectivity index (χ3v) is 7.88. The lowest BCUT2D eigenvalue weighted by atomic mass is 9.96. The van der Waals surface area contributed by atoms with Crippen molar-refractivity contribution in [2.45, 2.75) is 71.0 Å². The topological polar surface area (TPSA) is 67.2 Å². The normalized spacial score (nSPS) is 23.1. The molecule has 2 aliphatic rings. The van der Waals surface area contributed by atoms with Crippen molar-refractivity contribution in [2.75, 3.05) is 18.6 Å². The highest BCUT2D eigenvalue weighted by molar-refractivity contribution is 7.91. The summed E-state index contributed by atoms with van der Waals surface area (Å²) in [4.78, 5) is 2.07. The smallest absolute Gasteiger partial charge is 0.169 e. The fraction of sp³-hybridized carbons (Fsp3) is 0.778. The van der Waals surface area contributed by atoms with Gasteiger partial charge in [-0.2, -0.15) is 5.10 Å². The first-order chi connectivity index (χ1) is 12.3. The molecule has 1 N–H and O–H groups in total. The van der Waals surface area contributed by atoms with Crippen LogP contribution in [0.2, 0.25) is 0 Å². The Balaban J connectivity index is 1.66. The molecule has 0 unspecified atom stereocenters. The summed E-state index contributed by atoms with van der Waals surface area (Å²) in [5, 5.41) is 8.93. The number of hydrogen-bond acceptors (Lipinski definition) is 4. The minimum atomic E-state index is -2.92. The fourth-order valence-electron chi connectivity index (χ4n) is 4.09. The maximum absolute atomic E-state index is 11.8. The van der Waals surface area contributed by atoms with E-state index in [1.807, 2.05) is 25.6 Å². The molecule has 0 radical (unpaired) electrons. The standard InChI is InChI=1S/C18H30N4O2S2/c1-13-17(11-21(3)18(25)19-15-7-5-4-6-8-15)14(2)22(20-13)16-9-10-26(23,24)12-16/h15-16H,4-12H2,1-3H3,(H,19,25)/t16-/m0/s1. The van der Waals surface area contributed by atoms with E-state index in [2.05, 4.69) is 15.3 Å². The lowest BCUT2D eigenvalue weighted by Gasteiger charge is -2.28. The van der Waals surface area contributed by atoms with E-state index in [0.29, 0.717) is 19.0 Å². The van der Waals surface area contributed by atoms with Crippen LogP contribution in [0.15, 0.2) is 0 Å². The summed E-state index contributed by atoms with van der Waals surface area (Å²) < 4.78 is 25.5. The van der Waals surface area contributed by atoms with Gasteiger partial charge < -0.3 is 10.2 Å². The quantitative estimate of drug-likeness (QED) is 0.786. The van der Waals surface area contributed by atoms with E-state index in [-0.39, 0.29) is 17.5 Å². The van der Waals surface area contributed by atoms with Gasteiger partial charge >= 0.3 is 0 Å². The van der Waals surface area contributed by atoms with Gasteiger partial charge in [-0.1, -0.05) is 19.3 Å². The van der Waals surface area contributed by atoms with E-state index in [0.717, 1.165) is 22.1 Å². The molecule has 8 heteroatoms. The second-order valence-electron chi connectivity index (χ2n) is 7.79. The van der Waals surface area contributed by atoms with Gasteiger partial charge in [0.25, 0.3) is 0 Å². The number of nitrogens with one attached hydrogen (secondary N) is 1. The molecule has 0 bridgehead atoms. The number of nitrogens with zero attached hydrogens (tertiary/aromatic N) is 3. The van der Waals surface area contributed by atoms with Crippen molar-refractivity contribution in [1.82, 2.24) is 20.0 Å². The Bertz CT molecular complexity index is 766.